The maximum Gasteiger partial charge on any atom is 0.242 e. The zero-order valence-corrected chi connectivity index (χ0v) is 13.9. The number of rotatable bonds is 1. The first-order chi connectivity index (χ1) is 12.2. The van der Waals surface area contributed by atoms with E-state index in [0.29, 0.717) is 5.69 Å². The normalized spacial score (nSPS) is 25.3. The molecule has 2 amide bonds. The number of nitrogens with one attached hydrogen (secondary N) is 1. The highest BCUT2D eigenvalue weighted by molar-refractivity contribution is 6.24. The summed E-state index contributed by atoms with van der Waals surface area (Å²) in [4.78, 5) is 31.3. The summed E-state index contributed by atoms with van der Waals surface area (Å²) in [5.74, 6) is -0.693. The Labute approximate surface area is 145 Å². The standard InChI is InChI=1S/C21H18N2O2/c1-12-11-16-18(14-9-5-6-10-15(14)22-16)19-17(12)20(24)23(21(19)25)13-7-3-2-4-8-13/h2-10,12,17,19,22H,11H2,1H3/t12-,17-,19-/m0/s1. The van der Waals surface area contributed by atoms with Gasteiger partial charge in [-0.05, 0) is 36.1 Å². The summed E-state index contributed by atoms with van der Waals surface area (Å²) in [6.45, 7) is 2.08. The monoisotopic (exact) mass is 330 g/mol. The summed E-state index contributed by atoms with van der Waals surface area (Å²) in [5, 5.41) is 1.07. The van der Waals surface area contributed by atoms with Gasteiger partial charge in [0.05, 0.1) is 17.5 Å². The van der Waals surface area contributed by atoms with E-state index in [1.54, 1.807) is 0 Å². The van der Waals surface area contributed by atoms with Gasteiger partial charge in [0.2, 0.25) is 11.8 Å². The number of anilines is 1. The molecule has 0 bridgehead atoms. The van der Waals surface area contributed by atoms with Crippen molar-refractivity contribution in [3.8, 4) is 0 Å². The van der Waals surface area contributed by atoms with Crippen LogP contribution in [0.4, 0.5) is 5.69 Å². The number of fused-ring (bicyclic) bond motifs is 5. The molecule has 0 radical (unpaired) electrons. The summed E-state index contributed by atoms with van der Waals surface area (Å²) in [6, 6.07) is 17.3. The molecule has 0 spiro atoms. The maximum atomic E-state index is 13.3. The molecule has 2 heterocycles. The Hall–Kier alpha value is -2.88. The topological polar surface area (TPSA) is 53.2 Å². The van der Waals surface area contributed by atoms with Crippen LogP contribution in [-0.2, 0) is 16.0 Å². The van der Waals surface area contributed by atoms with Gasteiger partial charge in [-0.25, -0.2) is 4.90 Å². The molecule has 1 fully saturated rings. The Morgan fingerprint density at radius 3 is 2.48 bits per heavy atom. The lowest BCUT2D eigenvalue weighted by Gasteiger charge is -2.28. The van der Waals surface area contributed by atoms with Crippen LogP contribution in [0.25, 0.3) is 10.9 Å². The van der Waals surface area contributed by atoms with Gasteiger partial charge in [0, 0.05) is 16.6 Å². The first-order valence-corrected chi connectivity index (χ1v) is 8.69. The highest BCUT2D eigenvalue weighted by Gasteiger charge is 2.54. The molecule has 1 saturated heterocycles. The fraction of sp³-hybridized carbons (Fsp3) is 0.238. The molecule has 25 heavy (non-hydrogen) atoms. The van der Waals surface area contributed by atoms with E-state index in [0.717, 1.165) is 28.6 Å². The van der Waals surface area contributed by atoms with Gasteiger partial charge in [0.1, 0.15) is 0 Å². The van der Waals surface area contributed by atoms with Gasteiger partial charge in [-0.2, -0.15) is 0 Å². The van der Waals surface area contributed by atoms with Gasteiger partial charge in [-0.15, -0.1) is 0 Å². The molecule has 3 aromatic rings. The SMILES string of the molecule is C[C@H]1Cc2[nH]c3ccccc3c2[C@H]2C(=O)N(c3ccccc3)C(=O)[C@H]21. The Balaban J connectivity index is 1.71. The number of benzene rings is 2. The van der Waals surface area contributed by atoms with Crippen LogP contribution >= 0.6 is 0 Å². The van der Waals surface area contributed by atoms with Crippen LogP contribution < -0.4 is 4.90 Å². The summed E-state index contributed by atoms with van der Waals surface area (Å²) < 4.78 is 0. The maximum absolute atomic E-state index is 13.3. The van der Waals surface area contributed by atoms with Crippen molar-refractivity contribution in [1.29, 1.82) is 0 Å². The average Bonchev–Trinajstić information content (AvgIpc) is 3.11. The molecule has 0 unspecified atom stereocenters. The fourth-order valence-corrected chi connectivity index (χ4v) is 4.58. The van der Waals surface area contributed by atoms with Crippen molar-refractivity contribution in [2.24, 2.45) is 11.8 Å². The van der Waals surface area contributed by atoms with E-state index in [-0.39, 0.29) is 29.6 Å². The zero-order chi connectivity index (χ0) is 17.1. The highest BCUT2D eigenvalue weighted by atomic mass is 16.2. The van der Waals surface area contributed by atoms with Gasteiger partial charge >= 0.3 is 0 Å². The van der Waals surface area contributed by atoms with Crippen LogP contribution in [0, 0.1) is 11.8 Å². The van der Waals surface area contributed by atoms with E-state index in [9.17, 15) is 9.59 Å². The van der Waals surface area contributed by atoms with Gasteiger partial charge in [0.15, 0.2) is 0 Å². The second-order valence-corrected chi connectivity index (χ2v) is 7.10. The molecule has 0 saturated carbocycles. The minimum absolute atomic E-state index is 0.0652. The molecular weight excluding hydrogens is 312 g/mol. The number of hydrogen-bond donors (Lipinski definition) is 1. The lowest BCUT2D eigenvalue weighted by atomic mass is 9.72. The molecule has 2 aliphatic rings. The number of para-hydroxylation sites is 2. The Kier molecular flexibility index (Phi) is 2.93. The Bertz CT molecular complexity index is 1010. The second kappa shape index (κ2) is 5.06. The average molecular weight is 330 g/mol. The molecule has 3 atom stereocenters. The van der Waals surface area contributed by atoms with Crippen LogP contribution in [0.1, 0.15) is 24.1 Å². The minimum atomic E-state index is -0.386. The molecule has 1 aliphatic carbocycles. The van der Waals surface area contributed by atoms with Crippen LogP contribution in [-0.4, -0.2) is 16.8 Å². The van der Waals surface area contributed by atoms with Crippen molar-refractivity contribution >= 4 is 28.4 Å². The minimum Gasteiger partial charge on any atom is -0.358 e. The van der Waals surface area contributed by atoms with E-state index < -0.39 is 0 Å². The van der Waals surface area contributed by atoms with Crippen LogP contribution in [0.5, 0.6) is 0 Å². The number of amides is 2. The third-order valence-corrected chi connectivity index (χ3v) is 5.64. The smallest absolute Gasteiger partial charge is 0.242 e. The molecule has 4 heteroatoms. The summed E-state index contributed by atoms with van der Waals surface area (Å²) in [6.07, 6.45) is 0.798. The fourth-order valence-electron chi connectivity index (χ4n) is 4.58. The summed E-state index contributed by atoms with van der Waals surface area (Å²) in [5.41, 5.74) is 3.83. The molecule has 124 valence electrons. The highest BCUT2D eigenvalue weighted by Crippen LogP contribution is 2.49. The van der Waals surface area contributed by atoms with E-state index in [1.807, 2.05) is 54.6 Å². The van der Waals surface area contributed by atoms with Crippen molar-refractivity contribution in [3.05, 3.63) is 65.9 Å². The largest absolute Gasteiger partial charge is 0.358 e. The number of H-pyrrole nitrogens is 1. The van der Waals surface area contributed by atoms with E-state index in [1.165, 1.54) is 4.90 Å². The molecule has 1 aromatic heterocycles. The van der Waals surface area contributed by atoms with Crippen LogP contribution in [0.15, 0.2) is 54.6 Å². The third kappa shape index (κ3) is 1.88. The molecule has 5 rings (SSSR count). The molecule has 4 nitrogen and oxygen atoms in total. The van der Waals surface area contributed by atoms with Crippen molar-refractivity contribution in [2.45, 2.75) is 19.3 Å². The van der Waals surface area contributed by atoms with Crippen molar-refractivity contribution < 1.29 is 9.59 Å². The molecule has 1 N–H and O–H groups in total. The van der Waals surface area contributed by atoms with Gasteiger partial charge in [-0.1, -0.05) is 43.3 Å². The quantitative estimate of drug-likeness (QED) is 0.693. The Morgan fingerprint density at radius 2 is 1.68 bits per heavy atom. The van der Waals surface area contributed by atoms with Crippen LogP contribution in [0.2, 0.25) is 0 Å². The zero-order valence-electron chi connectivity index (χ0n) is 13.9. The first-order valence-electron chi connectivity index (χ1n) is 8.69. The van der Waals surface area contributed by atoms with Gasteiger partial charge in [-0.3, -0.25) is 9.59 Å². The number of hydrogen-bond acceptors (Lipinski definition) is 2. The molecule has 2 aromatic carbocycles. The lowest BCUT2D eigenvalue weighted by Crippen LogP contribution is -2.32. The second-order valence-electron chi connectivity index (χ2n) is 7.10. The third-order valence-electron chi connectivity index (χ3n) is 5.64. The van der Waals surface area contributed by atoms with Gasteiger partial charge < -0.3 is 4.98 Å². The number of imide groups is 1. The van der Waals surface area contributed by atoms with Crippen molar-refractivity contribution in [2.75, 3.05) is 4.90 Å². The predicted octanol–water partition coefficient (Wildman–Crippen LogP) is 3.63. The molecule has 1 aliphatic heterocycles. The molecular formula is C21H18N2O2. The number of carbonyl (C=O) groups excluding carboxylic acids is 2. The van der Waals surface area contributed by atoms with E-state index in [4.69, 9.17) is 0 Å². The van der Waals surface area contributed by atoms with E-state index in [2.05, 4.69) is 11.9 Å². The number of carbonyl (C=O) groups is 2. The predicted molar refractivity (Wildman–Crippen MR) is 96.3 cm³/mol. The lowest BCUT2D eigenvalue weighted by molar-refractivity contribution is -0.122. The van der Waals surface area contributed by atoms with Crippen LogP contribution in [0.3, 0.4) is 0 Å². The van der Waals surface area contributed by atoms with E-state index >= 15 is 0 Å². The Morgan fingerprint density at radius 1 is 0.960 bits per heavy atom. The number of aromatic nitrogens is 1. The summed E-state index contributed by atoms with van der Waals surface area (Å²) in [7, 11) is 0. The van der Waals surface area contributed by atoms with Crippen molar-refractivity contribution in [3.63, 3.8) is 0 Å². The summed E-state index contributed by atoms with van der Waals surface area (Å²) >= 11 is 0. The first kappa shape index (κ1) is 14.5. The number of nitrogens with zero attached hydrogens (tertiary/aromatic N) is 1. The van der Waals surface area contributed by atoms with Crippen molar-refractivity contribution in [1.82, 2.24) is 4.98 Å². The number of aromatic amines is 1. The van der Waals surface area contributed by atoms with Gasteiger partial charge in [0.25, 0.3) is 0 Å².